The van der Waals surface area contributed by atoms with E-state index in [1.807, 2.05) is 0 Å². The molecule has 0 amide bonds. The quantitative estimate of drug-likeness (QED) is 0.533. The van der Waals surface area contributed by atoms with E-state index in [1.165, 1.54) is 24.8 Å². The van der Waals surface area contributed by atoms with Crippen LogP contribution < -0.4 is 0 Å². The number of allylic oxidation sites excluding steroid dienone is 2. The Morgan fingerprint density at radius 2 is 1.92 bits per heavy atom. The minimum absolute atomic E-state index is 0.847. The summed E-state index contributed by atoms with van der Waals surface area (Å²) in [7, 11) is 0. The van der Waals surface area contributed by atoms with Crippen molar-refractivity contribution in [3.05, 3.63) is 11.6 Å². The van der Waals surface area contributed by atoms with Crippen LogP contribution >= 0.6 is 0 Å². The summed E-state index contributed by atoms with van der Waals surface area (Å²) >= 11 is 0. The van der Waals surface area contributed by atoms with E-state index >= 15 is 0 Å². The molecule has 0 fully saturated rings. The summed E-state index contributed by atoms with van der Waals surface area (Å²) in [6.45, 7) is 11.3. The maximum absolute atomic E-state index is 2.33. The molecule has 0 rings (SSSR count). The van der Waals surface area contributed by atoms with E-state index in [1.54, 1.807) is 0 Å². The van der Waals surface area contributed by atoms with Gasteiger partial charge in [-0.2, -0.15) is 0 Å². The van der Waals surface area contributed by atoms with Crippen LogP contribution in [0.4, 0.5) is 0 Å². The number of rotatable bonds is 5. The first-order valence-electron chi connectivity index (χ1n) is 5.23. The first-order valence-corrected chi connectivity index (χ1v) is 5.23. The molecule has 0 N–H and O–H groups in total. The molecule has 12 heavy (non-hydrogen) atoms. The van der Waals surface area contributed by atoms with Crippen molar-refractivity contribution in [2.24, 2.45) is 11.8 Å². The van der Waals surface area contributed by atoms with Crippen molar-refractivity contribution in [2.45, 2.75) is 53.9 Å². The Bertz CT molecular complexity index is 131. The highest BCUT2D eigenvalue weighted by Crippen LogP contribution is 2.22. The molecule has 0 nitrogen and oxygen atoms in total. The maximum atomic E-state index is 2.33. The minimum Gasteiger partial charge on any atom is -0.0887 e. The van der Waals surface area contributed by atoms with Gasteiger partial charge in [-0.25, -0.2) is 0 Å². The molecule has 0 spiro atoms. The van der Waals surface area contributed by atoms with Crippen molar-refractivity contribution < 1.29 is 0 Å². The average Bonchev–Trinajstić information content (AvgIpc) is 2.04. The monoisotopic (exact) mass is 168 g/mol. The number of hydrogen-bond acceptors (Lipinski definition) is 0. The summed E-state index contributed by atoms with van der Waals surface area (Å²) < 4.78 is 0. The van der Waals surface area contributed by atoms with Gasteiger partial charge < -0.3 is 0 Å². The van der Waals surface area contributed by atoms with E-state index in [0.29, 0.717) is 0 Å². The van der Waals surface area contributed by atoms with Crippen molar-refractivity contribution in [3.8, 4) is 0 Å². The summed E-state index contributed by atoms with van der Waals surface area (Å²) in [5.41, 5.74) is 1.54. The average molecular weight is 168 g/mol. The zero-order valence-corrected chi connectivity index (χ0v) is 9.35. The van der Waals surface area contributed by atoms with Crippen molar-refractivity contribution in [1.82, 2.24) is 0 Å². The molecule has 0 saturated carbocycles. The minimum atomic E-state index is 0.847. The lowest BCUT2D eigenvalue weighted by molar-refractivity contribution is 0.349. The lowest BCUT2D eigenvalue weighted by Gasteiger charge is -2.18. The predicted octanol–water partition coefficient (Wildman–Crippen LogP) is 4.42. The van der Waals surface area contributed by atoms with Crippen LogP contribution in [0.5, 0.6) is 0 Å². The molecule has 0 aromatic carbocycles. The Morgan fingerprint density at radius 1 is 1.33 bits per heavy atom. The molecule has 0 heterocycles. The third kappa shape index (κ3) is 4.58. The van der Waals surface area contributed by atoms with Crippen LogP contribution in [0.15, 0.2) is 11.6 Å². The van der Waals surface area contributed by atoms with Gasteiger partial charge in [-0.3, -0.25) is 0 Å². The van der Waals surface area contributed by atoms with Gasteiger partial charge in [-0.15, -0.1) is 0 Å². The van der Waals surface area contributed by atoms with Gasteiger partial charge in [0, 0.05) is 0 Å². The zero-order valence-electron chi connectivity index (χ0n) is 9.35. The number of hydrogen-bond donors (Lipinski definition) is 0. The normalized spacial score (nSPS) is 15.3. The second-order valence-electron chi connectivity index (χ2n) is 4.09. The van der Waals surface area contributed by atoms with E-state index in [-0.39, 0.29) is 0 Å². The van der Waals surface area contributed by atoms with Crippen LogP contribution in [0.3, 0.4) is 0 Å². The van der Waals surface area contributed by atoms with E-state index in [4.69, 9.17) is 0 Å². The summed E-state index contributed by atoms with van der Waals surface area (Å²) in [6.07, 6.45) is 6.21. The smallest absolute Gasteiger partial charge is 0.0320 e. The molecule has 0 bridgehead atoms. The highest BCUT2D eigenvalue weighted by molar-refractivity contribution is 4.95. The van der Waals surface area contributed by atoms with Gasteiger partial charge in [0.15, 0.2) is 0 Å². The summed E-state index contributed by atoms with van der Waals surface area (Å²) in [6, 6.07) is 0. The maximum Gasteiger partial charge on any atom is -0.0320 e. The van der Waals surface area contributed by atoms with E-state index < -0.39 is 0 Å². The molecule has 1 atom stereocenters. The van der Waals surface area contributed by atoms with Crippen LogP contribution in [0, 0.1) is 11.8 Å². The Labute approximate surface area is 78.1 Å². The van der Waals surface area contributed by atoms with Gasteiger partial charge in [0.2, 0.25) is 0 Å². The molecule has 0 aliphatic heterocycles. The van der Waals surface area contributed by atoms with Crippen molar-refractivity contribution in [3.63, 3.8) is 0 Å². The van der Waals surface area contributed by atoms with Crippen molar-refractivity contribution in [1.29, 1.82) is 0 Å². The lowest BCUT2D eigenvalue weighted by atomic mass is 9.88. The van der Waals surface area contributed by atoms with Crippen LogP contribution in [0.25, 0.3) is 0 Å². The largest absolute Gasteiger partial charge is 0.0887 e. The molecule has 0 aromatic rings. The lowest BCUT2D eigenvalue weighted by Crippen LogP contribution is -2.07. The molecule has 0 aliphatic rings. The first-order chi connectivity index (χ1) is 5.61. The fourth-order valence-corrected chi connectivity index (χ4v) is 1.57. The summed E-state index contributed by atoms with van der Waals surface area (Å²) in [5, 5.41) is 0. The Hall–Kier alpha value is -0.260. The van der Waals surface area contributed by atoms with Gasteiger partial charge >= 0.3 is 0 Å². The molecule has 72 valence electrons. The van der Waals surface area contributed by atoms with E-state index in [2.05, 4.69) is 40.7 Å². The van der Waals surface area contributed by atoms with Gasteiger partial charge in [-0.1, -0.05) is 38.8 Å². The SMILES string of the molecule is CC=C(C)CCC(CC)C(C)C. The van der Waals surface area contributed by atoms with Crippen molar-refractivity contribution in [2.75, 3.05) is 0 Å². The Morgan fingerprint density at radius 3 is 2.25 bits per heavy atom. The first kappa shape index (κ1) is 11.7. The van der Waals surface area contributed by atoms with Crippen LogP contribution in [0.2, 0.25) is 0 Å². The standard InChI is InChI=1S/C12H24/c1-6-11(5)8-9-12(7-2)10(3)4/h6,10,12H,7-9H2,1-5H3. The van der Waals surface area contributed by atoms with Gasteiger partial charge in [-0.05, 0) is 38.5 Å². The topological polar surface area (TPSA) is 0 Å². The molecule has 0 saturated heterocycles. The van der Waals surface area contributed by atoms with Crippen molar-refractivity contribution >= 4 is 0 Å². The fourth-order valence-electron chi connectivity index (χ4n) is 1.57. The fraction of sp³-hybridized carbons (Fsp3) is 0.833. The molecular weight excluding hydrogens is 144 g/mol. The van der Waals surface area contributed by atoms with E-state index in [9.17, 15) is 0 Å². The molecular formula is C12H24. The molecule has 0 heteroatoms. The Kier molecular flexibility index (Phi) is 6.14. The second-order valence-corrected chi connectivity index (χ2v) is 4.09. The molecule has 0 aliphatic carbocycles. The summed E-state index contributed by atoms with van der Waals surface area (Å²) in [5.74, 6) is 1.76. The molecule has 0 aromatic heterocycles. The third-order valence-corrected chi connectivity index (χ3v) is 2.87. The van der Waals surface area contributed by atoms with Crippen LogP contribution in [-0.4, -0.2) is 0 Å². The van der Waals surface area contributed by atoms with Gasteiger partial charge in [0.05, 0.1) is 0 Å². The third-order valence-electron chi connectivity index (χ3n) is 2.87. The Balaban J connectivity index is 3.73. The second kappa shape index (κ2) is 6.28. The highest BCUT2D eigenvalue weighted by atomic mass is 14.2. The highest BCUT2D eigenvalue weighted by Gasteiger charge is 2.09. The predicted molar refractivity (Wildman–Crippen MR) is 57.3 cm³/mol. The summed E-state index contributed by atoms with van der Waals surface area (Å²) in [4.78, 5) is 0. The molecule has 1 unspecified atom stereocenters. The van der Waals surface area contributed by atoms with Gasteiger partial charge in [0.1, 0.15) is 0 Å². The van der Waals surface area contributed by atoms with E-state index in [0.717, 1.165) is 11.8 Å². The van der Waals surface area contributed by atoms with Crippen LogP contribution in [-0.2, 0) is 0 Å². The molecule has 0 radical (unpaired) electrons. The van der Waals surface area contributed by atoms with Gasteiger partial charge in [0.25, 0.3) is 0 Å². The zero-order chi connectivity index (χ0) is 9.56. The van der Waals surface area contributed by atoms with Crippen LogP contribution in [0.1, 0.15) is 53.9 Å².